The van der Waals surface area contributed by atoms with E-state index in [9.17, 15) is 21.6 Å². The Hall–Kier alpha value is -2.59. The summed E-state index contributed by atoms with van der Waals surface area (Å²) in [6.07, 6.45) is 1.39. The number of hydrogen-bond acceptors (Lipinski definition) is 6. The minimum Gasteiger partial charge on any atom is -0.465 e. The fraction of sp³-hybridized carbons (Fsp3) is 0.350. The second-order valence-corrected chi connectivity index (χ2v) is 10.8. The minimum atomic E-state index is -3.92. The van der Waals surface area contributed by atoms with Crippen LogP contribution >= 0.6 is 0 Å². The Labute approximate surface area is 177 Å². The number of carbonyl (C=O) groups excluding carboxylic acids is 1. The number of rotatable bonds is 5. The van der Waals surface area contributed by atoms with E-state index in [0.29, 0.717) is 41.0 Å². The number of hydrogen-bond donors (Lipinski definition) is 1. The molecule has 1 N–H and O–H groups in total. The van der Waals surface area contributed by atoms with Crippen molar-refractivity contribution in [3.63, 3.8) is 0 Å². The number of aryl methyl sites for hydroxylation is 2. The fourth-order valence-electron chi connectivity index (χ4n) is 3.57. The van der Waals surface area contributed by atoms with Gasteiger partial charge in [0.2, 0.25) is 10.0 Å². The predicted octanol–water partition coefficient (Wildman–Crippen LogP) is 2.82. The van der Waals surface area contributed by atoms with Crippen molar-refractivity contribution < 1.29 is 26.4 Å². The molecule has 0 amide bonds. The predicted molar refractivity (Wildman–Crippen MR) is 115 cm³/mol. The fourth-order valence-corrected chi connectivity index (χ4v) is 6.71. The van der Waals surface area contributed by atoms with Gasteiger partial charge in [-0.25, -0.2) is 21.6 Å². The molecule has 30 heavy (non-hydrogen) atoms. The number of sulfonamides is 2. The Morgan fingerprint density at radius 3 is 2.20 bits per heavy atom. The zero-order chi connectivity index (χ0) is 22.1. The summed E-state index contributed by atoms with van der Waals surface area (Å²) in [5.41, 5.74) is 1.98. The van der Waals surface area contributed by atoms with Crippen molar-refractivity contribution in [2.24, 2.45) is 0 Å². The molecule has 8 nitrogen and oxygen atoms in total. The van der Waals surface area contributed by atoms with Gasteiger partial charge in [0.25, 0.3) is 10.0 Å². The smallest absolute Gasteiger partial charge is 0.337 e. The van der Waals surface area contributed by atoms with E-state index in [1.807, 2.05) is 0 Å². The highest BCUT2D eigenvalue weighted by atomic mass is 32.2. The first-order valence-electron chi connectivity index (χ1n) is 9.38. The van der Waals surface area contributed by atoms with Gasteiger partial charge in [-0.15, -0.1) is 0 Å². The van der Waals surface area contributed by atoms with Gasteiger partial charge in [0.15, 0.2) is 0 Å². The number of methoxy groups -OCH3 is 1. The molecule has 0 aromatic heterocycles. The average molecular weight is 453 g/mol. The summed E-state index contributed by atoms with van der Waals surface area (Å²) in [5, 5.41) is 0. The molecule has 0 unspecified atom stereocenters. The van der Waals surface area contributed by atoms with E-state index in [0.717, 1.165) is 6.42 Å². The summed E-state index contributed by atoms with van der Waals surface area (Å²) in [7, 11) is -6.05. The molecule has 2 aromatic rings. The molecule has 0 saturated carbocycles. The zero-order valence-electron chi connectivity index (χ0n) is 17.0. The van der Waals surface area contributed by atoms with Crippen LogP contribution in [0.2, 0.25) is 0 Å². The van der Waals surface area contributed by atoms with Gasteiger partial charge in [-0.3, -0.25) is 9.03 Å². The Balaban J connectivity index is 1.92. The normalized spacial score (nSPS) is 16.2. The summed E-state index contributed by atoms with van der Waals surface area (Å²) < 4.78 is 59.3. The molecule has 3 rings (SSSR count). The van der Waals surface area contributed by atoms with Crippen molar-refractivity contribution in [1.82, 2.24) is 0 Å². The van der Waals surface area contributed by atoms with Crippen LogP contribution in [-0.2, 0) is 24.8 Å². The van der Waals surface area contributed by atoms with E-state index in [4.69, 9.17) is 0 Å². The first-order valence-corrected chi connectivity index (χ1v) is 12.5. The molecule has 0 atom stereocenters. The zero-order valence-corrected chi connectivity index (χ0v) is 18.6. The molecule has 2 aromatic carbocycles. The number of anilines is 2. The van der Waals surface area contributed by atoms with Crippen LogP contribution in [0.15, 0.2) is 41.3 Å². The monoisotopic (exact) mass is 452 g/mol. The molecule has 1 aliphatic heterocycles. The maximum absolute atomic E-state index is 13.0. The second kappa shape index (κ2) is 8.27. The van der Waals surface area contributed by atoms with Gasteiger partial charge in [-0.05, 0) is 74.2 Å². The van der Waals surface area contributed by atoms with Crippen LogP contribution in [0.5, 0.6) is 0 Å². The lowest BCUT2D eigenvalue weighted by atomic mass is 10.1. The Kier molecular flexibility index (Phi) is 6.09. The number of esters is 1. The SMILES string of the molecule is COC(=O)c1ccc(NS(=O)(=O)c2c(C)cc(N3CCCCS3(=O)=O)cc2C)cc1. The van der Waals surface area contributed by atoms with Crippen LogP contribution in [0.4, 0.5) is 11.4 Å². The molecular formula is C20H24N2O6S2. The third-order valence-corrected chi connectivity index (χ3v) is 8.46. The molecule has 1 fully saturated rings. The minimum absolute atomic E-state index is 0.0915. The lowest BCUT2D eigenvalue weighted by Gasteiger charge is -2.29. The molecule has 0 radical (unpaired) electrons. The Morgan fingerprint density at radius 2 is 1.67 bits per heavy atom. The number of ether oxygens (including phenoxy) is 1. The number of nitrogens with zero attached hydrogens (tertiary/aromatic N) is 1. The second-order valence-electron chi connectivity index (χ2n) is 7.18. The van der Waals surface area contributed by atoms with Gasteiger partial charge < -0.3 is 4.74 Å². The highest BCUT2D eigenvalue weighted by Gasteiger charge is 2.28. The van der Waals surface area contributed by atoms with Crippen LogP contribution in [-0.4, -0.2) is 42.2 Å². The molecule has 0 spiro atoms. The van der Waals surface area contributed by atoms with Gasteiger partial charge in [-0.2, -0.15) is 0 Å². The Bertz CT molecular complexity index is 1150. The van der Waals surface area contributed by atoms with Gasteiger partial charge in [0.05, 0.1) is 29.0 Å². The molecule has 0 aliphatic carbocycles. The first kappa shape index (κ1) is 22.1. The van der Waals surface area contributed by atoms with Crippen LogP contribution in [0.3, 0.4) is 0 Å². The van der Waals surface area contributed by atoms with Gasteiger partial charge in [0.1, 0.15) is 0 Å². The van der Waals surface area contributed by atoms with Crippen LogP contribution in [0.1, 0.15) is 34.3 Å². The van der Waals surface area contributed by atoms with Crippen molar-refractivity contribution in [3.05, 3.63) is 53.1 Å². The summed E-state index contributed by atoms with van der Waals surface area (Å²) in [6.45, 7) is 3.67. The first-order chi connectivity index (χ1) is 14.0. The van der Waals surface area contributed by atoms with Gasteiger partial charge in [0, 0.05) is 12.2 Å². The Morgan fingerprint density at radius 1 is 1.07 bits per heavy atom. The van der Waals surface area contributed by atoms with E-state index < -0.39 is 26.0 Å². The average Bonchev–Trinajstić information content (AvgIpc) is 2.66. The van der Waals surface area contributed by atoms with E-state index in [2.05, 4.69) is 9.46 Å². The highest BCUT2D eigenvalue weighted by molar-refractivity contribution is 7.93. The molecule has 0 bridgehead atoms. The standard InChI is InChI=1S/C20H24N2O6S2/c1-14-12-18(22-10-4-5-11-29(22,24)25)13-15(2)19(14)30(26,27)21-17-8-6-16(7-9-17)20(23)28-3/h6-9,12-13,21H,4-5,10-11H2,1-3H3. The topological polar surface area (TPSA) is 110 Å². The molecule has 1 heterocycles. The van der Waals surface area contributed by atoms with Crippen molar-refractivity contribution in [1.29, 1.82) is 0 Å². The molecular weight excluding hydrogens is 428 g/mol. The summed E-state index contributed by atoms with van der Waals surface area (Å²) in [6, 6.07) is 9.06. The molecule has 10 heteroatoms. The largest absolute Gasteiger partial charge is 0.465 e. The summed E-state index contributed by atoms with van der Waals surface area (Å²) in [4.78, 5) is 11.6. The van der Waals surface area contributed by atoms with E-state index in [1.165, 1.54) is 35.7 Å². The van der Waals surface area contributed by atoms with Crippen LogP contribution in [0, 0.1) is 13.8 Å². The number of carbonyl (C=O) groups is 1. The molecule has 1 saturated heterocycles. The lowest BCUT2D eigenvalue weighted by molar-refractivity contribution is 0.0600. The van der Waals surface area contributed by atoms with Gasteiger partial charge >= 0.3 is 5.97 Å². The van der Waals surface area contributed by atoms with Gasteiger partial charge in [-0.1, -0.05) is 0 Å². The van der Waals surface area contributed by atoms with E-state index in [-0.39, 0.29) is 10.6 Å². The van der Waals surface area contributed by atoms with Crippen molar-refractivity contribution in [2.45, 2.75) is 31.6 Å². The van der Waals surface area contributed by atoms with Crippen LogP contribution in [0.25, 0.3) is 0 Å². The highest BCUT2D eigenvalue weighted by Crippen LogP contribution is 2.31. The maximum atomic E-state index is 13.0. The summed E-state index contributed by atoms with van der Waals surface area (Å²) >= 11 is 0. The lowest BCUT2D eigenvalue weighted by Crippen LogP contribution is -2.38. The summed E-state index contributed by atoms with van der Waals surface area (Å²) in [5.74, 6) is -0.423. The maximum Gasteiger partial charge on any atom is 0.337 e. The van der Waals surface area contributed by atoms with Crippen molar-refractivity contribution >= 4 is 37.4 Å². The third kappa shape index (κ3) is 4.44. The van der Waals surface area contributed by atoms with Crippen molar-refractivity contribution in [3.8, 4) is 0 Å². The third-order valence-electron chi connectivity index (χ3n) is 4.91. The van der Waals surface area contributed by atoms with E-state index >= 15 is 0 Å². The van der Waals surface area contributed by atoms with Crippen molar-refractivity contribution in [2.75, 3.05) is 28.4 Å². The molecule has 1 aliphatic rings. The van der Waals surface area contributed by atoms with Crippen LogP contribution < -0.4 is 9.03 Å². The number of benzene rings is 2. The van der Waals surface area contributed by atoms with E-state index in [1.54, 1.807) is 26.0 Å². The quantitative estimate of drug-likeness (QED) is 0.699. The molecule has 162 valence electrons. The number of nitrogens with one attached hydrogen (secondary N) is 1.